The Hall–Kier alpha value is -0.610. The minimum Gasteiger partial charge on any atom is -0.352 e. The summed E-state index contributed by atoms with van der Waals surface area (Å²) in [5.41, 5.74) is 5.94. The predicted octanol–water partition coefficient (Wildman–Crippen LogP) is 0.858. The fraction of sp³-hybridized carbons (Fsp3) is 0.929. The Labute approximate surface area is 109 Å². The fourth-order valence-corrected chi connectivity index (χ4v) is 3.43. The molecule has 0 aromatic heterocycles. The van der Waals surface area contributed by atoms with Gasteiger partial charge in [-0.25, -0.2) is 0 Å². The van der Waals surface area contributed by atoms with Crippen molar-refractivity contribution in [1.82, 2.24) is 10.2 Å². The second-order valence-electron chi connectivity index (χ2n) is 6.51. The Morgan fingerprint density at radius 2 is 2.11 bits per heavy atom. The standard InChI is InChI=1S/C14H25N3O/c15-10-14(5-1-6-14)8-13(18)16-11-4-7-17(9-11)12-2-3-12/h11-12H,1-10,15H2,(H,16,18). The molecule has 3 N–H and O–H groups in total. The van der Waals surface area contributed by atoms with Crippen LogP contribution in [0.1, 0.15) is 44.9 Å². The van der Waals surface area contributed by atoms with E-state index >= 15 is 0 Å². The van der Waals surface area contributed by atoms with Crippen LogP contribution in [0.2, 0.25) is 0 Å². The van der Waals surface area contributed by atoms with E-state index < -0.39 is 0 Å². The Bertz CT molecular complexity index is 317. The quantitative estimate of drug-likeness (QED) is 0.762. The molecule has 3 rings (SSSR count). The summed E-state index contributed by atoms with van der Waals surface area (Å²) < 4.78 is 0. The molecule has 0 bridgehead atoms. The molecule has 0 spiro atoms. The van der Waals surface area contributed by atoms with Gasteiger partial charge >= 0.3 is 0 Å². The van der Waals surface area contributed by atoms with E-state index in [1.165, 1.54) is 19.3 Å². The summed E-state index contributed by atoms with van der Waals surface area (Å²) in [7, 11) is 0. The smallest absolute Gasteiger partial charge is 0.220 e. The first-order valence-electron chi connectivity index (χ1n) is 7.44. The number of nitrogens with two attached hydrogens (primary N) is 1. The normalized spacial score (nSPS) is 31.1. The lowest BCUT2D eigenvalue weighted by Crippen LogP contribution is -2.44. The molecule has 18 heavy (non-hydrogen) atoms. The van der Waals surface area contributed by atoms with Crippen LogP contribution in [0.15, 0.2) is 0 Å². The zero-order valence-electron chi connectivity index (χ0n) is 11.2. The van der Waals surface area contributed by atoms with Crippen molar-refractivity contribution in [2.45, 2.75) is 57.0 Å². The maximum atomic E-state index is 12.1. The molecule has 2 saturated carbocycles. The molecule has 1 aliphatic heterocycles. The van der Waals surface area contributed by atoms with Crippen molar-refractivity contribution in [1.29, 1.82) is 0 Å². The third-order valence-corrected chi connectivity index (χ3v) is 5.03. The van der Waals surface area contributed by atoms with Gasteiger partial charge in [0, 0.05) is 31.6 Å². The van der Waals surface area contributed by atoms with Gasteiger partial charge in [-0.15, -0.1) is 0 Å². The van der Waals surface area contributed by atoms with Crippen molar-refractivity contribution in [3.05, 3.63) is 0 Å². The van der Waals surface area contributed by atoms with Crippen LogP contribution in [0.4, 0.5) is 0 Å². The summed E-state index contributed by atoms with van der Waals surface area (Å²) in [5, 5.41) is 3.21. The van der Waals surface area contributed by atoms with Crippen LogP contribution in [-0.2, 0) is 4.79 Å². The number of carbonyl (C=O) groups is 1. The van der Waals surface area contributed by atoms with Crippen LogP contribution in [-0.4, -0.2) is 42.5 Å². The minimum absolute atomic E-state index is 0.138. The number of nitrogens with zero attached hydrogens (tertiary/aromatic N) is 1. The van der Waals surface area contributed by atoms with Gasteiger partial charge in [0.15, 0.2) is 0 Å². The minimum atomic E-state index is 0.138. The van der Waals surface area contributed by atoms with Gasteiger partial charge in [0.2, 0.25) is 5.91 Å². The molecule has 4 nitrogen and oxygen atoms in total. The maximum absolute atomic E-state index is 12.1. The van der Waals surface area contributed by atoms with E-state index in [2.05, 4.69) is 10.2 Å². The molecule has 1 saturated heterocycles. The molecular formula is C14H25N3O. The van der Waals surface area contributed by atoms with Crippen LogP contribution in [0.3, 0.4) is 0 Å². The molecule has 3 fully saturated rings. The lowest BCUT2D eigenvalue weighted by Gasteiger charge is -2.40. The largest absolute Gasteiger partial charge is 0.352 e. The number of hydrogen-bond donors (Lipinski definition) is 2. The van der Waals surface area contributed by atoms with Crippen LogP contribution in [0, 0.1) is 5.41 Å². The van der Waals surface area contributed by atoms with Crippen molar-refractivity contribution in [2.24, 2.45) is 11.1 Å². The van der Waals surface area contributed by atoms with Gasteiger partial charge in [-0.3, -0.25) is 9.69 Å². The first kappa shape index (κ1) is 12.4. The van der Waals surface area contributed by atoms with Gasteiger partial charge in [-0.2, -0.15) is 0 Å². The average Bonchev–Trinajstić information content (AvgIpc) is 3.06. The maximum Gasteiger partial charge on any atom is 0.220 e. The molecule has 1 heterocycles. The third-order valence-electron chi connectivity index (χ3n) is 5.03. The Kier molecular flexibility index (Phi) is 3.32. The predicted molar refractivity (Wildman–Crippen MR) is 71.1 cm³/mol. The molecule has 0 aromatic rings. The second-order valence-corrected chi connectivity index (χ2v) is 6.51. The number of rotatable bonds is 5. The Balaban J connectivity index is 1.43. The van der Waals surface area contributed by atoms with Crippen molar-refractivity contribution in [3.8, 4) is 0 Å². The molecule has 3 aliphatic rings. The zero-order valence-corrected chi connectivity index (χ0v) is 11.2. The van der Waals surface area contributed by atoms with Crippen molar-refractivity contribution in [3.63, 3.8) is 0 Å². The van der Waals surface area contributed by atoms with Gasteiger partial charge in [-0.1, -0.05) is 6.42 Å². The zero-order chi connectivity index (χ0) is 12.6. The number of nitrogens with one attached hydrogen (secondary N) is 1. The molecule has 2 aliphatic carbocycles. The second kappa shape index (κ2) is 4.82. The number of hydrogen-bond acceptors (Lipinski definition) is 3. The molecular weight excluding hydrogens is 226 g/mol. The van der Waals surface area contributed by atoms with Crippen LogP contribution < -0.4 is 11.1 Å². The van der Waals surface area contributed by atoms with E-state index in [4.69, 9.17) is 5.73 Å². The monoisotopic (exact) mass is 251 g/mol. The van der Waals surface area contributed by atoms with Gasteiger partial charge in [-0.05, 0) is 44.1 Å². The molecule has 4 heteroatoms. The topological polar surface area (TPSA) is 58.4 Å². The fourth-order valence-electron chi connectivity index (χ4n) is 3.43. The average molecular weight is 251 g/mol. The van der Waals surface area contributed by atoms with E-state index in [9.17, 15) is 4.79 Å². The van der Waals surface area contributed by atoms with Crippen LogP contribution in [0.25, 0.3) is 0 Å². The number of carbonyl (C=O) groups excluding carboxylic acids is 1. The lowest BCUT2D eigenvalue weighted by atomic mass is 9.66. The number of likely N-dealkylation sites (tertiary alicyclic amines) is 1. The van der Waals surface area contributed by atoms with Gasteiger partial charge in [0.05, 0.1) is 0 Å². The molecule has 1 unspecified atom stereocenters. The summed E-state index contributed by atoms with van der Waals surface area (Å²) >= 11 is 0. The lowest BCUT2D eigenvalue weighted by molar-refractivity contribution is -0.125. The van der Waals surface area contributed by atoms with Crippen LogP contribution >= 0.6 is 0 Å². The summed E-state index contributed by atoms with van der Waals surface area (Å²) in [6.45, 7) is 2.89. The molecule has 0 radical (unpaired) electrons. The van der Waals surface area contributed by atoms with Crippen molar-refractivity contribution in [2.75, 3.05) is 19.6 Å². The third kappa shape index (κ3) is 2.54. The molecule has 0 aromatic carbocycles. The van der Waals surface area contributed by atoms with E-state index in [1.807, 2.05) is 0 Å². The van der Waals surface area contributed by atoms with Gasteiger partial charge < -0.3 is 11.1 Å². The van der Waals surface area contributed by atoms with E-state index in [-0.39, 0.29) is 11.3 Å². The van der Waals surface area contributed by atoms with E-state index in [0.717, 1.165) is 38.4 Å². The summed E-state index contributed by atoms with van der Waals surface area (Å²) in [6, 6.07) is 1.21. The highest BCUT2D eigenvalue weighted by Crippen LogP contribution is 2.42. The highest BCUT2D eigenvalue weighted by atomic mass is 16.1. The van der Waals surface area contributed by atoms with E-state index in [1.54, 1.807) is 0 Å². The van der Waals surface area contributed by atoms with Gasteiger partial charge in [0.1, 0.15) is 0 Å². The molecule has 1 atom stereocenters. The van der Waals surface area contributed by atoms with E-state index in [0.29, 0.717) is 19.0 Å². The highest BCUT2D eigenvalue weighted by Gasteiger charge is 2.39. The van der Waals surface area contributed by atoms with Crippen LogP contribution in [0.5, 0.6) is 0 Å². The number of amides is 1. The summed E-state index contributed by atoms with van der Waals surface area (Å²) in [4.78, 5) is 14.6. The highest BCUT2D eigenvalue weighted by molar-refractivity contribution is 5.77. The first-order valence-corrected chi connectivity index (χ1v) is 7.44. The Morgan fingerprint density at radius 3 is 2.67 bits per heavy atom. The Morgan fingerprint density at radius 1 is 1.33 bits per heavy atom. The molecule has 1 amide bonds. The SMILES string of the molecule is NCC1(CC(=O)NC2CCN(C3CC3)C2)CCC1. The van der Waals surface area contributed by atoms with Crippen molar-refractivity contribution < 1.29 is 4.79 Å². The summed E-state index contributed by atoms with van der Waals surface area (Å²) in [5.74, 6) is 0.225. The summed E-state index contributed by atoms with van der Waals surface area (Å²) in [6.07, 6.45) is 7.99. The first-order chi connectivity index (χ1) is 8.71. The molecule has 102 valence electrons. The van der Waals surface area contributed by atoms with Crippen molar-refractivity contribution >= 4 is 5.91 Å². The van der Waals surface area contributed by atoms with Gasteiger partial charge in [0.25, 0.3) is 0 Å².